The second kappa shape index (κ2) is 4.21. The van der Waals surface area contributed by atoms with Crippen molar-refractivity contribution >= 4 is 12.3 Å². The second-order valence-corrected chi connectivity index (χ2v) is 2.71. The summed E-state index contributed by atoms with van der Waals surface area (Å²) in [5.74, 6) is -0.224. The van der Waals surface area contributed by atoms with E-state index in [0.717, 1.165) is 12.7 Å². The van der Waals surface area contributed by atoms with E-state index in [0.29, 0.717) is 6.42 Å². The highest BCUT2D eigenvalue weighted by Crippen LogP contribution is 2.19. The van der Waals surface area contributed by atoms with Gasteiger partial charge in [-0.1, -0.05) is 6.92 Å². The Balaban J connectivity index is 2.03. The number of rotatable bonds is 5. The maximum absolute atomic E-state index is 10.8. The summed E-state index contributed by atoms with van der Waals surface area (Å²) < 4.78 is 9.66. The van der Waals surface area contributed by atoms with Crippen LogP contribution in [-0.4, -0.2) is 31.1 Å². The summed E-state index contributed by atoms with van der Waals surface area (Å²) in [6.07, 6.45) is 1.39. The number of hydrogen-bond donors (Lipinski definition) is 0. The van der Waals surface area contributed by atoms with E-state index < -0.39 is 0 Å². The van der Waals surface area contributed by atoms with Crippen molar-refractivity contribution in [3.8, 4) is 0 Å². The van der Waals surface area contributed by atoms with Gasteiger partial charge in [0.15, 0.2) is 6.29 Å². The van der Waals surface area contributed by atoms with Crippen LogP contribution in [0.15, 0.2) is 0 Å². The zero-order chi connectivity index (χ0) is 8.97. The van der Waals surface area contributed by atoms with Gasteiger partial charge in [0.05, 0.1) is 0 Å². The zero-order valence-corrected chi connectivity index (χ0v) is 6.99. The van der Waals surface area contributed by atoms with Crippen LogP contribution < -0.4 is 0 Å². The highest BCUT2D eigenvalue weighted by molar-refractivity contribution is 5.69. The van der Waals surface area contributed by atoms with Gasteiger partial charge in [0.25, 0.3) is 0 Å². The molecule has 0 bridgehead atoms. The maximum atomic E-state index is 10.8. The smallest absolute Gasteiger partial charge is 0.305 e. The molecule has 0 aromatic heterocycles. The number of ether oxygens (including phenoxy) is 2. The summed E-state index contributed by atoms with van der Waals surface area (Å²) >= 11 is 0. The van der Waals surface area contributed by atoms with E-state index in [-0.39, 0.29) is 24.8 Å². The average Bonchev–Trinajstić information content (AvgIpc) is 2.80. The Morgan fingerprint density at radius 3 is 2.92 bits per heavy atom. The normalized spacial score (nSPS) is 26.4. The van der Waals surface area contributed by atoms with Crippen LogP contribution >= 0.6 is 0 Å². The van der Waals surface area contributed by atoms with Crippen LogP contribution in [0.1, 0.15) is 19.8 Å². The third kappa shape index (κ3) is 2.62. The molecule has 1 aliphatic rings. The van der Waals surface area contributed by atoms with E-state index in [2.05, 4.69) is 0 Å². The molecule has 1 heterocycles. The lowest BCUT2D eigenvalue weighted by molar-refractivity contribution is -0.144. The number of carbonyl (C=O) groups excluding carboxylic acids is 2. The van der Waals surface area contributed by atoms with Crippen molar-refractivity contribution < 1.29 is 19.1 Å². The van der Waals surface area contributed by atoms with Crippen LogP contribution in [0.3, 0.4) is 0 Å². The SMILES string of the molecule is CCCC(=O)OC[C@H]1O[C@H]1C=O. The molecule has 0 aromatic carbocycles. The van der Waals surface area contributed by atoms with E-state index in [1.807, 2.05) is 6.92 Å². The molecule has 2 atom stereocenters. The molecule has 0 spiro atoms. The minimum Gasteiger partial charge on any atom is -0.463 e. The fraction of sp³-hybridized carbons (Fsp3) is 0.750. The monoisotopic (exact) mass is 172 g/mol. The van der Waals surface area contributed by atoms with E-state index in [9.17, 15) is 9.59 Å². The predicted molar refractivity (Wildman–Crippen MR) is 40.6 cm³/mol. The van der Waals surface area contributed by atoms with Gasteiger partial charge in [0.1, 0.15) is 18.8 Å². The molecule has 0 saturated carbocycles. The minimum atomic E-state index is -0.348. The fourth-order valence-electron chi connectivity index (χ4n) is 0.862. The molecule has 4 heteroatoms. The third-order valence-electron chi connectivity index (χ3n) is 1.62. The fourth-order valence-corrected chi connectivity index (χ4v) is 0.862. The Kier molecular flexibility index (Phi) is 3.22. The Hall–Kier alpha value is -0.900. The quantitative estimate of drug-likeness (QED) is 0.340. The molecule has 68 valence electrons. The Bertz CT molecular complexity index is 178. The number of esters is 1. The van der Waals surface area contributed by atoms with E-state index in [1.54, 1.807) is 0 Å². The topological polar surface area (TPSA) is 55.9 Å². The number of epoxide rings is 1. The Morgan fingerprint density at radius 2 is 2.42 bits per heavy atom. The molecule has 0 amide bonds. The van der Waals surface area contributed by atoms with Crippen LogP contribution in [0.25, 0.3) is 0 Å². The predicted octanol–water partition coefficient (Wildman–Crippen LogP) is 0.296. The first kappa shape index (κ1) is 9.19. The molecule has 0 aliphatic carbocycles. The highest BCUT2D eigenvalue weighted by Gasteiger charge is 2.39. The first-order valence-electron chi connectivity index (χ1n) is 4.04. The summed E-state index contributed by atoms with van der Waals surface area (Å²) in [6.45, 7) is 2.12. The molecule has 0 radical (unpaired) electrons. The van der Waals surface area contributed by atoms with Gasteiger partial charge in [-0.3, -0.25) is 4.79 Å². The van der Waals surface area contributed by atoms with Crippen LogP contribution in [0.4, 0.5) is 0 Å². The van der Waals surface area contributed by atoms with Crippen molar-refractivity contribution in [2.45, 2.75) is 32.0 Å². The lowest BCUT2D eigenvalue weighted by Gasteiger charge is -1.99. The summed E-state index contributed by atoms with van der Waals surface area (Å²) in [4.78, 5) is 20.9. The molecular weight excluding hydrogens is 160 g/mol. The van der Waals surface area contributed by atoms with Crippen LogP contribution in [0.5, 0.6) is 0 Å². The molecule has 1 fully saturated rings. The van der Waals surface area contributed by atoms with E-state index in [1.165, 1.54) is 0 Å². The van der Waals surface area contributed by atoms with Crippen molar-refractivity contribution in [2.75, 3.05) is 6.61 Å². The van der Waals surface area contributed by atoms with Crippen LogP contribution in [0, 0.1) is 0 Å². The van der Waals surface area contributed by atoms with Gasteiger partial charge < -0.3 is 14.3 Å². The molecule has 0 unspecified atom stereocenters. The minimum absolute atomic E-state index is 0.191. The Morgan fingerprint density at radius 1 is 1.67 bits per heavy atom. The lowest BCUT2D eigenvalue weighted by Crippen LogP contribution is -2.11. The first-order valence-corrected chi connectivity index (χ1v) is 4.04. The summed E-state index contributed by atoms with van der Waals surface area (Å²) in [5.41, 5.74) is 0. The van der Waals surface area contributed by atoms with Crippen molar-refractivity contribution in [3.05, 3.63) is 0 Å². The third-order valence-corrected chi connectivity index (χ3v) is 1.62. The zero-order valence-electron chi connectivity index (χ0n) is 6.99. The van der Waals surface area contributed by atoms with Crippen LogP contribution in [0.2, 0.25) is 0 Å². The van der Waals surface area contributed by atoms with Gasteiger partial charge in [-0.05, 0) is 6.42 Å². The first-order chi connectivity index (χ1) is 5.77. The van der Waals surface area contributed by atoms with Gasteiger partial charge in [-0.15, -0.1) is 0 Å². The molecule has 1 saturated heterocycles. The van der Waals surface area contributed by atoms with Crippen molar-refractivity contribution in [2.24, 2.45) is 0 Å². The molecule has 4 nitrogen and oxygen atoms in total. The number of aldehydes is 1. The van der Waals surface area contributed by atoms with Gasteiger partial charge in [-0.2, -0.15) is 0 Å². The lowest BCUT2D eigenvalue weighted by atomic mass is 10.3. The number of hydrogen-bond acceptors (Lipinski definition) is 4. The van der Waals surface area contributed by atoms with Gasteiger partial charge in [-0.25, -0.2) is 0 Å². The van der Waals surface area contributed by atoms with E-state index >= 15 is 0 Å². The molecule has 0 N–H and O–H groups in total. The average molecular weight is 172 g/mol. The van der Waals surface area contributed by atoms with Gasteiger partial charge >= 0.3 is 5.97 Å². The highest BCUT2D eigenvalue weighted by atomic mass is 16.6. The van der Waals surface area contributed by atoms with Crippen LogP contribution in [-0.2, 0) is 19.1 Å². The molecule has 1 aliphatic heterocycles. The van der Waals surface area contributed by atoms with Crippen molar-refractivity contribution in [3.63, 3.8) is 0 Å². The molecule has 0 aromatic rings. The number of carbonyl (C=O) groups is 2. The molecule has 1 rings (SSSR count). The van der Waals surface area contributed by atoms with E-state index in [4.69, 9.17) is 9.47 Å². The molecular formula is C8H12O4. The van der Waals surface area contributed by atoms with Gasteiger partial charge in [0, 0.05) is 6.42 Å². The standard InChI is InChI=1S/C8H12O4/c1-2-3-8(10)11-5-7-6(4-9)12-7/h4,6-7H,2-3,5H2,1H3/t6-,7+/m0/s1. The van der Waals surface area contributed by atoms with Crippen molar-refractivity contribution in [1.29, 1.82) is 0 Å². The molecule has 12 heavy (non-hydrogen) atoms. The summed E-state index contributed by atoms with van der Waals surface area (Å²) in [7, 11) is 0. The summed E-state index contributed by atoms with van der Waals surface area (Å²) in [5, 5.41) is 0. The maximum Gasteiger partial charge on any atom is 0.305 e. The van der Waals surface area contributed by atoms with Gasteiger partial charge in [0.2, 0.25) is 0 Å². The van der Waals surface area contributed by atoms with Crippen molar-refractivity contribution in [1.82, 2.24) is 0 Å². The largest absolute Gasteiger partial charge is 0.463 e. The second-order valence-electron chi connectivity index (χ2n) is 2.71. The Labute approximate surface area is 70.8 Å². The summed E-state index contributed by atoms with van der Waals surface area (Å²) in [6, 6.07) is 0.